The summed E-state index contributed by atoms with van der Waals surface area (Å²) < 4.78 is 25.0. The Bertz CT molecular complexity index is 529. The maximum atomic E-state index is 12.3. The lowest BCUT2D eigenvalue weighted by Gasteiger charge is -2.10. The highest BCUT2D eigenvalue weighted by Crippen LogP contribution is 2.32. The molecule has 3 nitrogen and oxygen atoms in total. The molecule has 6 heteroatoms. The molecule has 86 valence electrons. The minimum atomic E-state index is -3.26. The smallest absolute Gasteiger partial charge is 0.201 e. The van der Waals surface area contributed by atoms with Crippen LogP contribution in [0.2, 0.25) is 0 Å². The fourth-order valence-corrected chi connectivity index (χ4v) is 5.52. The molecular weight excluding hydrogens is 262 g/mol. The molecule has 0 saturated carbocycles. The second-order valence-electron chi connectivity index (χ2n) is 3.27. The maximum absolute atomic E-state index is 12.3. The number of rotatable bonds is 4. The molecule has 0 bridgehead atoms. The van der Waals surface area contributed by atoms with Crippen molar-refractivity contribution >= 4 is 32.5 Å². The molecule has 0 aliphatic heterocycles. The van der Waals surface area contributed by atoms with E-state index < -0.39 is 15.1 Å². The number of hydrogen-bond donors (Lipinski definition) is 1. The summed E-state index contributed by atoms with van der Waals surface area (Å²) in [6.45, 7) is 0.362. The highest BCUT2D eigenvalue weighted by molar-refractivity contribution is 7.93. The zero-order valence-electron chi connectivity index (χ0n) is 8.50. The van der Waals surface area contributed by atoms with Gasteiger partial charge in [0.15, 0.2) is 0 Å². The summed E-state index contributed by atoms with van der Waals surface area (Å²) in [5, 5.41) is 3.16. The number of quaternary nitrogens is 1. The lowest BCUT2D eigenvalue weighted by atomic mass is 10.3. The molecular formula is C10H12NO2S3+. The van der Waals surface area contributed by atoms with E-state index in [2.05, 4.69) is 5.73 Å². The van der Waals surface area contributed by atoms with E-state index in [1.54, 1.807) is 17.5 Å². The van der Waals surface area contributed by atoms with Crippen molar-refractivity contribution in [2.24, 2.45) is 0 Å². The zero-order chi connectivity index (χ0) is 11.6. The first-order chi connectivity index (χ1) is 7.66. The van der Waals surface area contributed by atoms with E-state index in [4.69, 9.17) is 0 Å². The predicted molar refractivity (Wildman–Crippen MR) is 66.3 cm³/mol. The van der Waals surface area contributed by atoms with Gasteiger partial charge in [-0.05, 0) is 22.9 Å². The van der Waals surface area contributed by atoms with Gasteiger partial charge in [-0.1, -0.05) is 12.1 Å². The van der Waals surface area contributed by atoms with Gasteiger partial charge in [0.1, 0.15) is 9.46 Å². The summed E-state index contributed by atoms with van der Waals surface area (Å²) >= 11 is 2.72. The van der Waals surface area contributed by atoms with Crippen LogP contribution >= 0.6 is 22.7 Å². The van der Waals surface area contributed by atoms with Gasteiger partial charge < -0.3 is 5.73 Å². The fourth-order valence-electron chi connectivity index (χ4n) is 1.49. The van der Waals surface area contributed by atoms with Crippen LogP contribution in [0.25, 0.3) is 0 Å². The lowest BCUT2D eigenvalue weighted by molar-refractivity contribution is -0.367. The van der Waals surface area contributed by atoms with Crippen LogP contribution in [0.4, 0.5) is 0 Å². The standard InChI is InChI=1S/C10H11NO2S3/c11-7-9(8-3-1-5-14-8)16(12,13)10-4-2-6-15-10/h1-6,9H,7,11H2/p+1/t9-/m1/s1. The van der Waals surface area contributed by atoms with Gasteiger partial charge in [-0.25, -0.2) is 8.42 Å². The van der Waals surface area contributed by atoms with Gasteiger partial charge in [0.2, 0.25) is 9.84 Å². The molecule has 0 aliphatic carbocycles. The highest BCUT2D eigenvalue weighted by Gasteiger charge is 2.31. The second kappa shape index (κ2) is 4.67. The van der Waals surface area contributed by atoms with Crippen molar-refractivity contribution < 1.29 is 14.2 Å². The fraction of sp³-hybridized carbons (Fsp3) is 0.200. The largest absolute Gasteiger partial charge is 0.356 e. The van der Waals surface area contributed by atoms with Crippen LogP contribution in [0.3, 0.4) is 0 Å². The first-order valence-corrected chi connectivity index (χ1v) is 8.07. The Morgan fingerprint density at radius 3 is 2.38 bits per heavy atom. The van der Waals surface area contributed by atoms with E-state index >= 15 is 0 Å². The summed E-state index contributed by atoms with van der Waals surface area (Å²) in [6.07, 6.45) is 0. The quantitative estimate of drug-likeness (QED) is 0.920. The summed E-state index contributed by atoms with van der Waals surface area (Å²) in [5.41, 5.74) is 3.75. The maximum Gasteiger partial charge on any atom is 0.201 e. The minimum absolute atomic E-state index is 0.362. The van der Waals surface area contributed by atoms with Gasteiger partial charge >= 0.3 is 0 Å². The van der Waals surface area contributed by atoms with Gasteiger partial charge in [0.25, 0.3) is 0 Å². The molecule has 2 aromatic rings. The van der Waals surface area contributed by atoms with Crippen molar-refractivity contribution in [3.8, 4) is 0 Å². The molecule has 2 heterocycles. The van der Waals surface area contributed by atoms with E-state index in [1.165, 1.54) is 22.7 Å². The topological polar surface area (TPSA) is 61.8 Å². The highest BCUT2D eigenvalue weighted by atomic mass is 32.2. The second-order valence-corrected chi connectivity index (χ2v) is 7.55. The summed E-state index contributed by atoms with van der Waals surface area (Å²) in [7, 11) is -3.26. The van der Waals surface area contributed by atoms with Crippen molar-refractivity contribution in [3.05, 3.63) is 39.9 Å². The molecule has 16 heavy (non-hydrogen) atoms. The van der Waals surface area contributed by atoms with Crippen LogP contribution in [-0.4, -0.2) is 15.0 Å². The predicted octanol–water partition coefficient (Wildman–Crippen LogP) is 1.57. The minimum Gasteiger partial charge on any atom is -0.356 e. The number of sulfone groups is 1. The Balaban J connectivity index is 2.43. The Morgan fingerprint density at radius 1 is 1.19 bits per heavy atom. The molecule has 2 aromatic heterocycles. The van der Waals surface area contributed by atoms with Gasteiger partial charge in [-0.15, -0.1) is 22.7 Å². The SMILES string of the molecule is [NH3+]C[C@H](c1cccs1)S(=O)(=O)c1cccs1. The Labute approximate surface area is 102 Å². The van der Waals surface area contributed by atoms with Crippen molar-refractivity contribution in [1.29, 1.82) is 0 Å². The molecule has 0 saturated heterocycles. The molecule has 0 radical (unpaired) electrons. The average Bonchev–Trinajstić information content (AvgIpc) is 2.91. The van der Waals surface area contributed by atoms with Crippen LogP contribution in [0.5, 0.6) is 0 Å². The number of hydrogen-bond acceptors (Lipinski definition) is 4. The van der Waals surface area contributed by atoms with E-state index in [0.717, 1.165) is 4.88 Å². The van der Waals surface area contributed by atoms with Gasteiger partial charge in [-0.2, -0.15) is 0 Å². The first-order valence-electron chi connectivity index (χ1n) is 4.76. The molecule has 0 aromatic carbocycles. The third-order valence-corrected chi connectivity index (χ3v) is 6.99. The average molecular weight is 274 g/mol. The molecule has 0 fully saturated rings. The molecule has 1 atom stereocenters. The molecule has 0 aliphatic rings. The molecule has 0 unspecified atom stereocenters. The van der Waals surface area contributed by atoms with Gasteiger partial charge in [0.05, 0.1) is 6.54 Å². The Kier molecular flexibility index (Phi) is 3.44. The summed E-state index contributed by atoms with van der Waals surface area (Å²) in [4.78, 5) is 0.864. The van der Waals surface area contributed by atoms with Crippen LogP contribution < -0.4 is 5.73 Å². The lowest BCUT2D eigenvalue weighted by Crippen LogP contribution is -2.54. The van der Waals surface area contributed by atoms with E-state index in [1.807, 2.05) is 17.5 Å². The van der Waals surface area contributed by atoms with Crippen LogP contribution in [0.1, 0.15) is 10.1 Å². The third-order valence-electron chi connectivity index (χ3n) is 2.27. The summed E-state index contributed by atoms with van der Waals surface area (Å²) in [6, 6.07) is 7.13. The van der Waals surface area contributed by atoms with Gasteiger partial charge in [-0.3, -0.25) is 0 Å². The normalized spacial score (nSPS) is 13.8. The third kappa shape index (κ3) is 2.06. The van der Waals surface area contributed by atoms with Crippen molar-refractivity contribution in [3.63, 3.8) is 0 Å². The molecule has 3 N–H and O–H groups in total. The van der Waals surface area contributed by atoms with Crippen molar-refractivity contribution in [2.45, 2.75) is 9.46 Å². The van der Waals surface area contributed by atoms with Crippen molar-refractivity contribution in [2.75, 3.05) is 6.54 Å². The van der Waals surface area contributed by atoms with E-state index in [9.17, 15) is 8.42 Å². The Morgan fingerprint density at radius 2 is 1.88 bits per heavy atom. The van der Waals surface area contributed by atoms with Gasteiger partial charge in [0, 0.05) is 4.88 Å². The van der Waals surface area contributed by atoms with Crippen LogP contribution in [0, 0.1) is 0 Å². The molecule has 0 spiro atoms. The molecule has 2 rings (SSSR count). The summed E-state index contributed by atoms with van der Waals surface area (Å²) in [5.74, 6) is 0. The van der Waals surface area contributed by atoms with Crippen molar-refractivity contribution in [1.82, 2.24) is 0 Å². The van der Waals surface area contributed by atoms with Crippen LogP contribution in [0.15, 0.2) is 39.2 Å². The first kappa shape index (κ1) is 11.8. The van der Waals surface area contributed by atoms with E-state index in [-0.39, 0.29) is 0 Å². The Hall–Kier alpha value is -0.690. The zero-order valence-corrected chi connectivity index (χ0v) is 10.9. The number of thiophene rings is 2. The van der Waals surface area contributed by atoms with Crippen LogP contribution in [-0.2, 0) is 9.84 Å². The monoisotopic (exact) mass is 274 g/mol. The van der Waals surface area contributed by atoms with E-state index in [0.29, 0.717) is 10.8 Å². The molecule has 0 amide bonds.